The van der Waals surface area contributed by atoms with Crippen LogP contribution in [0.2, 0.25) is 0 Å². The lowest BCUT2D eigenvalue weighted by Crippen LogP contribution is -2.42. The van der Waals surface area contributed by atoms with Gasteiger partial charge in [0, 0.05) is 23.6 Å². The molecule has 0 radical (unpaired) electrons. The van der Waals surface area contributed by atoms with E-state index in [2.05, 4.69) is 10.3 Å². The Hall–Kier alpha value is -2.07. The molecule has 2 aromatic rings. The van der Waals surface area contributed by atoms with Crippen molar-refractivity contribution in [2.24, 2.45) is 5.73 Å². The minimum absolute atomic E-state index is 0.0974. The van der Waals surface area contributed by atoms with Crippen LogP contribution in [0.4, 0.5) is 0 Å². The number of para-hydroxylation sites is 1. The molecule has 0 aliphatic carbocycles. The van der Waals surface area contributed by atoms with Crippen LogP contribution in [0.15, 0.2) is 42.6 Å². The van der Waals surface area contributed by atoms with Crippen LogP contribution in [0, 0.1) is 0 Å². The highest BCUT2D eigenvalue weighted by molar-refractivity contribution is 5.86. The molecule has 1 atom stereocenters. The molecule has 20 heavy (non-hydrogen) atoms. The predicted molar refractivity (Wildman–Crippen MR) is 82.4 cm³/mol. The lowest BCUT2D eigenvalue weighted by molar-refractivity contribution is -0.122. The van der Waals surface area contributed by atoms with Gasteiger partial charge in [-0.1, -0.05) is 30.4 Å². The van der Waals surface area contributed by atoms with Crippen molar-refractivity contribution in [2.45, 2.75) is 25.8 Å². The third-order valence-corrected chi connectivity index (χ3v) is 3.30. The van der Waals surface area contributed by atoms with Crippen LogP contribution >= 0.6 is 0 Å². The van der Waals surface area contributed by atoms with Gasteiger partial charge in [0.2, 0.25) is 5.91 Å². The smallest absolute Gasteiger partial charge is 0.237 e. The minimum Gasteiger partial charge on any atom is -0.361 e. The van der Waals surface area contributed by atoms with Crippen molar-refractivity contribution >= 4 is 16.8 Å². The maximum atomic E-state index is 11.9. The van der Waals surface area contributed by atoms with Crippen LogP contribution in [0.3, 0.4) is 0 Å². The standard InChI is InChI=1S/C16H21N3O/c1-2-3-6-9-18-16(20)14(17)10-12-11-19-15-8-5-4-7-13(12)15/h2-5,7-8,11,14,19H,6,9-10,17H2,1H3,(H,18,20)/b3-2+/t14-/m1/s1. The van der Waals surface area contributed by atoms with Crippen molar-refractivity contribution in [1.29, 1.82) is 0 Å². The molecule has 4 heteroatoms. The summed E-state index contributed by atoms with van der Waals surface area (Å²) in [5, 5.41) is 3.98. The number of benzene rings is 1. The summed E-state index contributed by atoms with van der Waals surface area (Å²) in [5.74, 6) is -0.0974. The van der Waals surface area contributed by atoms with Gasteiger partial charge in [-0.05, 0) is 31.4 Å². The van der Waals surface area contributed by atoms with Crippen LogP contribution in [0.25, 0.3) is 10.9 Å². The van der Waals surface area contributed by atoms with Crippen molar-refractivity contribution in [3.05, 3.63) is 48.2 Å². The number of hydrogen-bond acceptors (Lipinski definition) is 2. The number of aromatic amines is 1. The summed E-state index contributed by atoms with van der Waals surface area (Å²) in [7, 11) is 0. The zero-order chi connectivity index (χ0) is 14.4. The number of rotatable bonds is 6. The lowest BCUT2D eigenvalue weighted by atomic mass is 10.1. The topological polar surface area (TPSA) is 70.9 Å². The van der Waals surface area contributed by atoms with E-state index in [9.17, 15) is 4.79 Å². The first-order valence-electron chi connectivity index (χ1n) is 6.92. The highest BCUT2D eigenvalue weighted by Gasteiger charge is 2.15. The van der Waals surface area contributed by atoms with E-state index in [0.29, 0.717) is 13.0 Å². The zero-order valence-corrected chi connectivity index (χ0v) is 11.7. The molecule has 0 bridgehead atoms. The molecule has 0 aliphatic heterocycles. The molecule has 1 aromatic carbocycles. The largest absolute Gasteiger partial charge is 0.361 e. The second kappa shape index (κ2) is 6.91. The molecule has 0 saturated carbocycles. The molecule has 0 unspecified atom stereocenters. The van der Waals surface area contributed by atoms with Gasteiger partial charge in [0.25, 0.3) is 0 Å². The number of hydrogen-bond donors (Lipinski definition) is 3. The van der Waals surface area contributed by atoms with Crippen molar-refractivity contribution in [3.63, 3.8) is 0 Å². The Kier molecular flexibility index (Phi) is 4.96. The first kappa shape index (κ1) is 14.3. The highest BCUT2D eigenvalue weighted by atomic mass is 16.2. The zero-order valence-electron chi connectivity index (χ0n) is 11.7. The number of nitrogens with one attached hydrogen (secondary N) is 2. The lowest BCUT2D eigenvalue weighted by Gasteiger charge is -2.11. The van der Waals surface area contributed by atoms with Crippen molar-refractivity contribution in [1.82, 2.24) is 10.3 Å². The van der Waals surface area contributed by atoms with E-state index >= 15 is 0 Å². The van der Waals surface area contributed by atoms with Gasteiger partial charge in [-0.25, -0.2) is 0 Å². The summed E-state index contributed by atoms with van der Waals surface area (Å²) in [5.41, 5.74) is 8.12. The fourth-order valence-electron chi connectivity index (χ4n) is 2.21. The monoisotopic (exact) mass is 271 g/mol. The van der Waals surface area contributed by atoms with Gasteiger partial charge >= 0.3 is 0 Å². The van der Waals surface area contributed by atoms with E-state index < -0.39 is 6.04 Å². The van der Waals surface area contributed by atoms with Gasteiger partial charge in [-0.15, -0.1) is 0 Å². The quantitative estimate of drug-likeness (QED) is 0.556. The molecule has 1 amide bonds. The Morgan fingerprint density at radius 2 is 2.25 bits per heavy atom. The van der Waals surface area contributed by atoms with Gasteiger partial charge in [0.05, 0.1) is 6.04 Å². The third kappa shape index (κ3) is 3.48. The average Bonchev–Trinajstić information content (AvgIpc) is 2.87. The molecule has 1 heterocycles. The summed E-state index contributed by atoms with van der Waals surface area (Å²) in [6, 6.07) is 7.51. The number of nitrogens with two attached hydrogens (primary N) is 1. The Bertz CT molecular complexity index is 601. The van der Waals surface area contributed by atoms with E-state index in [4.69, 9.17) is 5.73 Å². The maximum absolute atomic E-state index is 11.9. The molecule has 0 saturated heterocycles. The van der Waals surface area contributed by atoms with Crippen LogP contribution in [0.5, 0.6) is 0 Å². The first-order valence-corrected chi connectivity index (χ1v) is 6.92. The van der Waals surface area contributed by atoms with Crippen molar-refractivity contribution in [2.75, 3.05) is 6.54 Å². The Morgan fingerprint density at radius 3 is 3.05 bits per heavy atom. The molecule has 0 spiro atoms. The van der Waals surface area contributed by atoms with Crippen LogP contribution in [-0.4, -0.2) is 23.5 Å². The number of aromatic nitrogens is 1. The molecule has 2 rings (SSSR count). The van der Waals surface area contributed by atoms with Crippen molar-refractivity contribution in [3.8, 4) is 0 Å². The number of allylic oxidation sites excluding steroid dienone is 1. The maximum Gasteiger partial charge on any atom is 0.237 e. The molecular formula is C16H21N3O. The number of carbonyl (C=O) groups is 1. The van der Waals surface area contributed by atoms with E-state index in [1.54, 1.807) is 0 Å². The SMILES string of the molecule is C/C=C/CCNC(=O)[C@H](N)Cc1c[nH]c2ccccc12. The molecule has 4 N–H and O–H groups in total. The van der Waals surface area contributed by atoms with Gasteiger partial charge < -0.3 is 16.0 Å². The molecular weight excluding hydrogens is 250 g/mol. The molecule has 1 aromatic heterocycles. The Balaban J connectivity index is 1.93. The van der Waals surface area contributed by atoms with E-state index in [1.807, 2.05) is 49.5 Å². The van der Waals surface area contributed by atoms with Crippen LogP contribution < -0.4 is 11.1 Å². The van der Waals surface area contributed by atoms with Crippen LogP contribution in [-0.2, 0) is 11.2 Å². The second-order valence-corrected chi connectivity index (χ2v) is 4.82. The number of carbonyl (C=O) groups excluding carboxylic acids is 1. The fraction of sp³-hybridized carbons (Fsp3) is 0.312. The highest BCUT2D eigenvalue weighted by Crippen LogP contribution is 2.18. The second-order valence-electron chi connectivity index (χ2n) is 4.82. The Morgan fingerprint density at radius 1 is 1.45 bits per heavy atom. The third-order valence-electron chi connectivity index (χ3n) is 3.30. The average molecular weight is 271 g/mol. The molecule has 0 fully saturated rings. The first-order chi connectivity index (χ1) is 9.72. The van der Waals surface area contributed by atoms with Crippen LogP contribution in [0.1, 0.15) is 18.9 Å². The predicted octanol–water partition coefficient (Wildman–Crippen LogP) is 2.12. The summed E-state index contributed by atoms with van der Waals surface area (Å²) in [4.78, 5) is 15.1. The van der Waals surface area contributed by atoms with Gasteiger partial charge in [0.15, 0.2) is 0 Å². The normalized spacial score (nSPS) is 12.9. The van der Waals surface area contributed by atoms with Crippen molar-refractivity contribution < 1.29 is 4.79 Å². The fourth-order valence-corrected chi connectivity index (χ4v) is 2.21. The van der Waals surface area contributed by atoms with Gasteiger partial charge in [0.1, 0.15) is 0 Å². The van der Waals surface area contributed by atoms with Gasteiger partial charge in [-0.2, -0.15) is 0 Å². The van der Waals surface area contributed by atoms with E-state index in [-0.39, 0.29) is 5.91 Å². The van der Waals surface area contributed by atoms with E-state index in [0.717, 1.165) is 22.9 Å². The number of amides is 1. The Labute approximate surface area is 119 Å². The summed E-state index contributed by atoms with van der Waals surface area (Å²) in [6.07, 6.45) is 7.29. The van der Waals surface area contributed by atoms with Gasteiger partial charge in [-0.3, -0.25) is 4.79 Å². The van der Waals surface area contributed by atoms with E-state index in [1.165, 1.54) is 0 Å². The summed E-state index contributed by atoms with van der Waals surface area (Å²) < 4.78 is 0. The summed E-state index contributed by atoms with van der Waals surface area (Å²) in [6.45, 7) is 2.59. The summed E-state index contributed by atoms with van der Waals surface area (Å²) >= 11 is 0. The molecule has 106 valence electrons. The minimum atomic E-state index is -0.514. The molecule has 0 aliphatic rings. The number of fused-ring (bicyclic) bond motifs is 1. The number of H-pyrrole nitrogens is 1. The molecule has 4 nitrogen and oxygen atoms in total.